The second kappa shape index (κ2) is 5.75. The van der Waals surface area contributed by atoms with E-state index in [4.69, 9.17) is 11.8 Å². The highest BCUT2D eigenvalue weighted by Gasteiger charge is 2.52. The molecule has 1 heterocycles. The summed E-state index contributed by atoms with van der Waals surface area (Å²) in [7, 11) is 6.46. The van der Waals surface area contributed by atoms with Crippen LogP contribution in [0.25, 0.3) is 0 Å². The summed E-state index contributed by atoms with van der Waals surface area (Å²) in [5, 5.41) is 0.0975. The van der Waals surface area contributed by atoms with Crippen molar-refractivity contribution in [3.63, 3.8) is 0 Å². The van der Waals surface area contributed by atoms with Crippen LogP contribution in [0.15, 0.2) is 24.3 Å². The molecule has 130 valence electrons. The zero-order chi connectivity index (χ0) is 17.8. The minimum atomic E-state index is -1.93. The molecule has 1 aromatic carbocycles. The molecule has 0 fully saturated rings. The number of nitrogens with zero attached hydrogens (tertiary/aromatic N) is 3. The van der Waals surface area contributed by atoms with Crippen LogP contribution in [-0.4, -0.2) is 42.6 Å². The van der Waals surface area contributed by atoms with Gasteiger partial charge in [-0.3, -0.25) is 4.90 Å². The predicted molar refractivity (Wildman–Crippen MR) is 109 cm³/mol. The van der Waals surface area contributed by atoms with Crippen LogP contribution in [0.3, 0.4) is 0 Å². The van der Waals surface area contributed by atoms with Crippen LogP contribution in [0.2, 0.25) is 0 Å². The Morgan fingerprint density at radius 1 is 0.957 bits per heavy atom. The molecule has 0 radical (unpaired) electrons. The van der Waals surface area contributed by atoms with Crippen LogP contribution in [-0.2, 0) is 11.8 Å². The largest absolute Gasteiger partial charge is 0.340 e. The van der Waals surface area contributed by atoms with Crippen molar-refractivity contribution in [2.45, 2.75) is 58.1 Å². The van der Waals surface area contributed by atoms with Crippen molar-refractivity contribution in [2.75, 3.05) is 30.7 Å². The first-order valence-corrected chi connectivity index (χ1v) is 11.0. The lowest BCUT2D eigenvalue weighted by Gasteiger charge is -2.54. The van der Waals surface area contributed by atoms with Gasteiger partial charge in [0.1, 0.15) is 0 Å². The van der Waals surface area contributed by atoms with Gasteiger partial charge in [0.05, 0.1) is 11.4 Å². The summed E-state index contributed by atoms with van der Waals surface area (Å²) in [6.07, 6.45) is -1.77. The van der Waals surface area contributed by atoms with Crippen LogP contribution < -0.4 is 9.57 Å². The van der Waals surface area contributed by atoms with E-state index in [-0.39, 0.29) is 16.6 Å². The number of hydrogen-bond donors (Lipinski definition) is 0. The van der Waals surface area contributed by atoms with E-state index in [1.807, 2.05) is 0 Å². The summed E-state index contributed by atoms with van der Waals surface area (Å²) < 4.78 is 2.57. The number of hydrogen-bond acceptors (Lipinski definition) is 3. The predicted octanol–water partition coefficient (Wildman–Crippen LogP) is 4.78. The van der Waals surface area contributed by atoms with Crippen molar-refractivity contribution in [2.24, 2.45) is 0 Å². The van der Waals surface area contributed by atoms with Crippen LogP contribution in [0, 0.1) is 0 Å². The third-order valence-corrected chi connectivity index (χ3v) is 13.1. The van der Waals surface area contributed by atoms with Crippen molar-refractivity contribution in [3.8, 4) is 0 Å². The molecule has 1 atom stereocenters. The van der Waals surface area contributed by atoms with Gasteiger partial charge >= 0.3 is 0 Å². The molecule has 0 saturated carbocycles. The Kier molecular flexibility index (Phi) is 4.69. The summed E-state index contributed by atoms with van der Waals surface area (Å²) in [6.45, 7) is 13.9. The molecule has 0 spiro atoms. The van der Waals surface area contributed by atoms with E-state index in [9.17, 15) is 0 Å². The molecular formula is C18H32N3PS. The quantitative estimate of drug-likeness (QED) is 0.708. The van der Waals surface area contributed by atoms with E-state index >= 15 is 0 Å². The molecular weight excluding hydrogens is 321 g/mol. The zero-order valence-electron chi connectivity index (χ0n) is 16.1. The molecule has 0 N–H and O–H groups in total. The van der Waals surface area contributed by atoms with Gasteiger partial charge in [0.25, 0.3) is 0 Å². The molecule has 1 aliphatic rings. The summed E-state index contributed by atoms with van der Waals surface area (Å²) >= 11 is 6.55. The van der Waals surface area contributed by atoms with Gasteiger partial charge in [0, 0.05) is 23.5 Å². The molecule has 0 aliphatic carbocycles. The van der Waals surface area contributed by atoms with Gasteiger partial charge < -0.3 is 9.57 Å². The lowest BCUT2D eigenvalue weighted by atomic mass is 10.2. The van der Waals surface area contributed by atoms with E-state index in [1.54, 1.807) is 0 Å². The zero-order valence-corrected chi connectivity index (χ0v) is 17.8. The van der Waals surface area contributed by atoms with Crippen LogP contribution in [0.5, 0.6) is 0 Å². The molecule has 1 unspecified atom stereocenters. The van der Waals surface area contributed by atoms with Gasteiger partial charge in [0.15, 0.2) is 6.29 Å². The topological polar surface area (TPSA) is 9.72 Å². The number of para-hydroxylation sites is 2. The molecule has 2 rings (SSSR count). The van der Waals surface area contributed by atoms with Crippen LogP contribution in [0.1, 0.15) is 41.5 Å². The van der Waals surface area contributed by atoms with E-state index in [1.165, 1.54) is 11.4 Å². The fourth-order valence-corrected chi connectivity index (χ4v) is 8.83. The minimum absolute atomic E-state index is 0.0487. The third-order valence-electron chi connectivity index (χ3n) is 4.66. The molecule has 0 aromatic heterocycles. The highest BCUT2D eigenvalue weighted by atomic mass is 32.4. The number of anilines is 2. The van der Waals surface area contributed by atoms with E-state index in [0.717, 1.165) is 0 Å². The van der Waals surface area contributed by atoms with E-state index < -0.39 is 6.19 Å². The second-order valence-corrected chi connectivity index (χ2v) is 14.5. The van der Waals surface area contributed by atoms with Crippen molar-refractivity contribution >= 4 is 29.4 Å². The SMILES string of the molecule is CN(C)C1N(C)c2ccccc2N1P(=S)(C(C)(C)C)C(C)(C)C. The van der Waals surface area contributed by atoms with Crippen LogP contribution >= 0.6 is 6.19 Å². The molecule has 3 nitrogen and oxygen atoms in total. The summed E-state index contributed by atoms with van der Waals surface area (Å²) in [5.74, 6) is 0. The normalized spacial score (nSPS) is 19.5. The third kappa shape index (κ3) is 2.73. The van der Waals surface area contributed by atoms with Gasteiger partial charge in [-0.25, -0.2) is 0 Å². The van der Waals surface area contributed by atoms with Gasteiger partial charge in [-0.1, -0.05) is 65.5 Å². The molecule has 1 aromatic rings. The molecule has 0 saturated heterocycles. The maximum atomic E-state index is 6.55. The second-order valence-electron chi connectivity index (χ2n) is 8.67. The lowest BCUT2D eigenvalue weighted by Crippen LogP contribution is -2.53. The first kappa shape index (κ1) is 18.8. The monoisotopic (exact) mass is 353 g/mol. The van der Waals surface area contributed by atoms with Gasteiger partial charge in [0.2, 0.25) is 0 Å². The average Bonchev–Trinajstić information content (AvgIpc) is 2.69. The molecule has 0 bridgehead atoms. The Labute approximate surface area is 147 Å². The number of benzene rings is 1. The fraction of sp³-hybridized carbons (Fsp3) is 0.667. The van der Waals surface area contributed by atoms with Crippen molar-refractivity contribution in [1.82, 2.24) is 4.90 Å². The average molecular weight is 354 g/mol. The summed E-state index contributed by atoms with van der Waals surface area (Å²) in [5.41, 5.74) is 2.55. The molecule has 23 heavy (non-hydrogen) atoms. The minimum Gasteiger partial charge on any atom is -0.340 e. The lowest BCUT2D eigenvalue weighted by molar-refractivity contribution is 0.310. The van der Waals surface area contributed by atoms with Gasteiger partial charge in [-0.2, -0.15) is 0 Å². The van der Waals surface area contributed by atoms with Crippen molar-refractivity contribution < 1.29 is 0 Å². The van der Waals surface area contributed by atoms with E-state index in [2.05, 4.69) is 101 Å². The fourth-order valence-electron chi connectivity index (χ4n) is 3.88. The maximum Gasteiger partial charge on any atom is 0.163 e. The molecule has 5 heteroatoms. The first-order chi connectivity index (χ1) is 10.3. The highest BCUT2D eigenvalue weighted by molar-refractivity contribution is 8.16. The summed E-state index contributed by atoms with van der Waals surface area (Å²) in [4.78, 5) is 4.63. The van der Waals surface area contributed by atoms with Gasteiger partial charge in [-0.15, -0.1) is 0 Å². The first-order valence-electron chi connectivity index (χ1n) is 8.22. The maximum absolute atomic E-state index is 6.55. The molecule has 1 aliphatic heterocycles. The highest BCUT2D eigenvalue weighted by Crippen LogP contribution is 2.72. The van der Waals surface area contributed by atoms with E-state index in [0.29, 0.717) is 0 Å². The van der Waals surface area contributed by atoms with Crippen molar-refractivity contribution in [3.05, 3.63) is 24.3 Å². The van der Waals surface area contributed by atoms with Crippen molar-refractivity contribution in [1.29, 1.82) is 0 Å². The Bertz CT molecular complexity index is 610. The smallest absolute Gasteiger partial charge is 0.163 e. The summed E-state index contributed by atoms with van der Waals surface area (Å²) in [6, 6.07) is 8.68. The Hall–Kier alpha value is -0.570. The number of rotatable bonds is 2. The van der Waals surface area contributed by atoms with Gasteiger partial charge in [-0.05, 0) is 26.2 Å². The van der Waals surface area contributed by atoms with Crippen LogP contribution in [0.4, 0.5) is 11.4 Å². The molecule has 0 amide bonds. The Morgan fingerprint density at radius 3 is 1.78 bits per heavy atom. The number of fused-ring (bicyclic) bond motifs is 1. The standard InChI is InChI=1S/C18H32N3PS/c1-17(2,3)22(23,18(4,5)6)21-15-13-11-10-12-14(15)20(9)16(21)19(7)8/h10-13,16H,1-9H3. The Morgan fingerprint density at radius 2 is 1.39 bits per heavy atom. The Balaban J connectivity index is 2.78.